The number of sulfonamides is 1. The maximum absolute atomic E-state index is 14.4. The monoisotopic (exact) mass is 684 g/mol. The molecule has 2 N–H and O–H groups in total. The summed E-state index contributed by atoms with van der Waals surface area (Å²) in [5, 5.41) is 16.9. The smallest absolute Gasteiger partial charge is 0.258 e. The predicted octanol–water partition coefficient (Wildman–Crippen LogP) is 4.59. The number of aliphatic hydroxyl groups is 1. The van der Waals surface area contributed by atoms with Crippen LogP contribution in [0.25, 0.3) is 0 Å². The minimum Gasteiger partial charge on any atom is -0.490 e. The van der Waals surface area contributed by atoms with E-state index in [0.717, 1.165) is 18.4 Å². The van der Waals surface area contributed by atoms with Crippen LogP contribution in [-0.4, -0.2) is 91.3 Å². The highest BCUT2D eigenvalue weighted by molar-refractivity contribution is 7.89. The van der Waals surface area contributed by atoms with E-state index in [1.807, 2.05) is 44.2 Å². The summed E-state index contributed by atoms with van der Waals surface area (Å²) in [7, 11) is -2.45. The van der Waals surface area contributed by atoms with Crippen molar-refractivity contribution in [3.8, 4) is 5.75 Å². The predicted molar refractivity (Wildman–Crippen MR) is 181 cm³/mol. The van der Waals surface area contributed by atoms with Gasteiger partial charge in [-0.2, -0.15) is 4.31 Å². The van der Waals surface area contributed by atoms with Gasteiger partial charge in [0.2, 0.25) is 15.9 Å². The van der Waals surface area contributed by atoms with Gasteiger partial charge in [-0.15, -0.1) is 0 Å². The number of aromatic nitrogens is 1. The Morgan fingerprint density at radius 1 is 1.15 bits per heavy atom. The fourth-order valence-corrected chi connectivity index (χ4v) is 7.27. The van der Waals surface area contributed by atoms with Gasteiger partial charge in [-0.1, -0.05) is 42.4 Å². The number of ether oxygens (including phenoxy) is 2. The zero-order chi connectivity index (χ0) is 35.0. The van der Waals surface area contributed by atoms with Crippen LogP contribution in [0.4, 0.5) is 5.69 Å². The number of amides is 2. The van der Waals surface area contributed by atoms with Crippen LogP contribution in [-0.2, 0) is 26.0 Å². The van der Waals surface area contributed by atoms with Gasteiger partial charge in [-0.25, -0.2) is 8.42 Å². The van der Waals surface area contributed by atoms with Gasteiger partial charge in [0.1, 0.15) is 16.3 Å². The number of aryl methyl sites for hydroxylation is 2. The van der Waals surface area contributed by atoms with E-state index in [0.29, 0.717) is 24.5 Å². The summed E-state index contributed by atoms with van der Waals surface area (Å²) in [6.07, 6.45) is 1.59. The summed E-state index contributed by atoms with van der Waals surface area (Å²) in [6, 6.07) is 13.8. The van der Waals surface area contributed by atoms with E-state index >= 15 is 0 Å². The van der Waals surface area contributed by atoms with Crippen molar-refractivity contribution in [2.45, 2.75) is 83.4 Å². The molecule has 0 radical (unpaired) electrons. The van der Waals surface area contributed by atoms with Gasteiger partial charge in [0.25, 0.3) is 5.91 Å². The van der Waals surface area contributed by atoms with Crippen molar-refractivity contribution >= 4 is 27.5 Å². The zero-order valence-electron chi connectivity index (χ0n) is 28.6. The van der Waals surface area contributed by atoms with Gasteiger partial charge in [-0.05, 0) is 70.7 Å². The largest absolute Gasteiger partial charge is 0.490 e. The molecule has 4 rings (SSSR count). The normalized spacial score (nSPS) is 20.5. The van der Waals surface area contributed by atoms with Crippen LogP contribution < -0.4 is 10.1 Å². The number of nitrogens with zero attached hydrogens (tertiary/aromatic N) is 3. The maximum Gasteiger partial charge on any atom is 0.258 e. The summed E-state index contributed by atoms with van der Waals surface area (Å²) >= 11 is 0. The highest BCUT2D eigenvalue weighted by Gasteiger charge is 2.34. The number of carbonyl (C=O) groups excluding carboxylic acids is 2. The molecule has 2 aromatic carbocycles. The minimum absolute atomic E-state index is 0.0246. The highest BCUT2D eigenvalue weighted by atomic mass is 32.2. The first-order chi connectivity index (χ1) is 22.8. The molecule has 1 aliphatic rings. The molecule has 0 unspecified atom stereocenters. The Morgan fingerprint density at radius 3 is 2.54 bits per heavy atom. The van der Waals surface area contributed by atoms with Crippen LogP contribution in [0, 0.1) is 19.8 Å². The Labute approximate surface area is 283 Å². The van der Waals surface area contributed by atoms with Gasteiger partial charge in [0.15, 0.2) is 5.76 Å². The fraction of sp³-hybridized carbons (Fsp3) is 0.514. The minimum atomic E-state index is -3.94. The average Bonchev–Trinajstić information content (AvgIpc) is 3.40. The number of rotatable bonds is 9. The number of hydrogen-bond donors (Lipinski definition) is 2. The van der Waals surface area contributed by atoms with Gasteiger partial charge in [0.05, 0.1) is 36.8 Å². The molecule has 48 heavy (non-hydrogen) atoms. The van der Waals surface area contributed by atoms with Crippen LogP contribution in [0.1, 0.15) is 67.4 Å². The molecule has 0 bridgehead atoms. The molecular formula is C35H48N4O8S. The van der Waals surface area contributed by atoms with E-state index in [4.69, 9.17) is 14.0 Å². The molecule has 3 aromatic rings. The molecule has 12 nitrogen and oxygen atoms in total. The molecule has 0 fully saturated rings. The molecule has 4 atom stereocenters. The van der Waals surface area contributed by atoms with Crippen molar-refractivity contribution in [1.82, 2.24) is 14.4 Å². The van der Waals surface area contributed by atoms with E-state index in [2.05, 4.69) is 10.5 Å². The number of likely N-dealkylation sites (N-methyl/N-ethyl adjacent to an activating group) is 1. The van der Waals surface area contributed by atoms with E-state index in [9.17, 15) is 23.1 Å². The van der Waals surface area contributed by atoms with E-state index in [1.165, 1.54) is 11.4 Å². The average molecular weight is 685 g/mol. The lowest BCUT2D eigenvalue weighted by atomic mass is 10.0. The first-order valence-electron chi connectivity index (χ1n) is 16.4. The number of aliphatic hydroxyl groups excluding tert-OH is 1. The third-order valence-corrected chi connectivity index (χ3v) is 10.7. The number of anilines is 1. The molecule has 1 aromatic heterocycles. The standard InChI is InChI=1S/C35H48N4O8S/c1-23-20-39(24(2)22-40)35(42)30-19-29(36-33(41)18-28-13-8-7-9-14-28)15-16-31(30)46-25(3)12-10-11-17-45-32(23)21-38(6)48(43,44)34-26(4)37-47-27(34)5/h7-9,13-16,19,23-25,32,40H,10-12,17-18,20-22H2,1-6H3,(H,36,41)/t23-,24-,25+,32-/m0/s1. The molecule has 0 saturated carbocycles. The Kier molecular flexibility index (Phi) is 12.8. The van der Waals surface area contributed by atoms with Crippen LogP contribution >= 0.6 is 0 Å². The van der Waals surface area contributed by atoms with Crippen LogP contribution in [0.2, 0.25) is 0 Å². The number of carbonyl (C=O) groups is 2. The topological polar surface area (TPSA) is 152 Å². The van der Waals surface area contributed by atoms with Gasteiger partial charge in [0, 0.05) is 38.3 Å². The molecule has 0 aliphatic carbocycles. The van der Waals surface area contributed by atoms with Crippen LogP contribution in [0.15, 0.2) is 57.9 Å². The summed E-state index contributed by atoms with van der Waals surface area (Å²) in [4.78, 5) is 28.8. The third-order valence-electron chi connectivity index (χ3n) is 8.62. The molecular weight excluding hydrogens is 636 g/mol. The Hall–Kier alpha value is -3.78. The summed E-state index contributed by atoms with van der Waals surface area (Å²) in [6.45, 7) is 9.00. The third kappa shape index (κ3) is 9.22. The number of nitrogens with one attached hydrogen (secondary N) is 1. The van der Waals surface area contributed by atoms with E-state index in [-0.39, 0.29) is 66.0 Å². The molecule has 0 spiro atoms. The maximum atomic E-state index is 14.4. The van der Waals surface area contributed by atoms with Gasteiger partial charge < -0.3 is 29.3 Å². The summed E-state index contributed by atoms with van der Waals surface area (Å²) in [5.74, 6) is -0.374. The Morgan fingerprint density at radius 2 is 1.88 bits per heavy atom. The fourth-order valence-electron chi connectivity index (χ4n) is 5.80. The molecule has 1 aliphatic heterocycles. The van der Waals surface area contributed by atoms with E-state index in [1.54, 1.807) is 43.9 Å². The SMILES string of the molecule is Cc1noc(C)c1S(=O)(=O)N(C)C[C@@H]1OCCCC[C@@H](C)Oc2ccc(NC(=O)Cc3ccccc3)cc2C(=O)N([C@@H](C)CO)C[C@@H]1C. The lowest BCUT2D eigenvalue weighted by Gasteiger charge is -2.35. The second-order valence-electron chi connectivity index (χ2n) is 12.7. The molecule has 2 heterocycles. The van der Waals surface area contributed by atoms with Crippen LogP contribution in [0.3, 0.4) is 0 Å². The van der Waals surface area contributed by atoms with Crippen molar-refractivity contribution in [3.63, 3.8) is 0 Å². The summed E-state index contributed by atoms with van der Waals surface area (Å²) < 4.78 is 46.1. The number of fused-ring (bicyclic) bond motifs is 1. The van der Waals surface area contributed by atoms with Crippen molar-refractivity contribution in [2.24, 2.45) is 5.92 Å². The second-order valence-corrected chi connectivity index (χ2v) is 14.6. The molecule has 262 valence electrons. The van der Waals surface area contributed by atoms with Crippen LogP contribution in [0.5, 0.6) is 5.75 Å². The summed E-state index contributed by atoms with van der Waals surface area (Å²) in [5.41, 5.74) is 1.83. The van der Waals surface area contributed by atoms with Crippen molar-refractivity contribution in [2.75, 3.05) is 38.7 Å². The van der Waals surface area contributed by atoms with Crippen molar-refractivity contribution in [1.29, 1.82) is 0 Å². The van der Waals surface area contributed by atoms with Crippen molar-refractivity contribution < 1.29 is 37.1 Å². The number of benzene rings is 2. The zero-order valence-corrected chi connectivity index (χ0v) is 29.5. The van der Waals surface area contributed by atoms with Gasteiger partial charge in [-0.3, -0.25) is 9.59 Å². The van der Waals surface area contributed by atoms with Gasteiger partial charge >= 0.3 is 0 Å². The molecule has 13 heteroatoms. The quantitative estimate of drug-likeness (QED) is 0.330. The second kappa shape index (κ2) is 16.6. The first kappa shape index (κ1) is 37.0. The Bertz CT molecular complexity index is 1630. The van der Waals surface area contributed by atoms with E-state index < -0.39 is 28.1 Å². The highest BCUT2D eigenvalue weighted by Crippen LogP contribution is 2.29. The molecule has 2 amide bonds. The number of hydrogen-bond acceptors (Lipinski definition) is 9. The lowest BCUT2D eigenvalue weighted by Crippen LogP contribution is -2.48. The Balaban J connectivity index is 1.64. The lowest BCUT2D eigenvalue weighted by molar-refractivity contribution is -0.115. The first-order valence-corrected chi connectivity index (χ1v) is 17.8. The van der Waals surface area contributed by atoms with Crippen molar-refractivity contribution in [3.05, 3.63) is 71.1 Å². The molecule has 0 saturated heterocycles.